The van der Waals surface area contributed by atoms with Crippen molar-refractivity contribution in [2.75, 3.05) is 19.8 Å². The molecule has 0 saturated carbocycles. The Balaban J connectivity index is 1.46. The van der Waals surface area contributed by atoms with Gasteiger partial charge < -0.3 is 14.4 Å². The molecule has 0 spiro atoms. The van der Waals surface area contributed by atoms with Crippen molar-refractivity contribution < 1.29 is 14.3 Å². The summed E-state index contributed by atoms with van der Waals surface area (Å²) in [7, 11) is 0. The summed E-state index contributed by atoms with van der Waals surface area (Å²) in [6.45, 7) is 5.82. The molecule has 0 unspecified atom stereocenters. The Morgan fingerprint density at radius 1 is 1.07 bits per heavy atom. The third-order valence-electron chi connectivity index (χ3n) is 5.48. The largest absolute Gasteiger partial charge is 0.490 e. The van der Waals surface area contributed by atoms with Crippen LogP contribution in [0.3, 0.4) is 0 Å². The highest BCUT2D eigenvalue weighted by Gasteiger charge is 2.33. The number of aromatic nitrogens is 4. The average molecular weight is 393 g/mol. The Hall–Kier alpha value is -3.16. The number of carbonyl (C=O) groups excluding carboxylic acids is 1. The van der Waals surface area contributed by atoms with Crippen molar-refractivity contribution in [2.24, 2.45) is 0 Å². The Labute approximate surface area is 168 Å². The van der Waals surface area contributed by atoms with Gasteiger partial charge in [-0.1, -0.05) is 6.07 Å². The maximum atomic E-state index is 13.2. The fourth-order valence-electron chi connectivity index (χ4n) is 4.13. The van der Waals surface area contributed by atoms with Crippen LogP contribution in [0.25, 0.3) is 5.78 Å². The molecule has 1 saturated heterocycles. The standard InChI is InChI=1S/C21H23N5O3/c1-13-11-14(2)26-21(22-13)23-19(24-26)20(27)25-8-3-5-16(25)15-6-7-17-18(12-15)29-10-4-9-28-17/h6-7,11-12,16H,3-5,8-10H2,1-2H3/t16-/m0/s1. The number of hydrogen-bond donors (Lipinski definition) is 0. The third kappa shape index (κ3) is 3.18. The molecule has 2 aliphatic heterocycles. The van der Waals surface area contributed by atoms with E-state index in [1.807, 2.05) is 43.0 Å². The average Bonchev–Trinajstić information content (AvgIpc) is 3.29. The zero-order chi connectivity index (χ0) is 20.0. The lowest BCUT2D eigenvalue weighted by atomic mass is 10.0. The fourth-order valence-corrected chi connectivity index (χ4v) is 4.13. The predicted octanol–water partition coefficient (Wildman–Crippen LogP) is 2.88. The smallest absolute Gasteiger partial charge is 0.294 e. The summed E-state index contributed by atoms with van der Waals surface area (Å²) in [5.41, 5.74) is 2.81. The Morgan fingerprint density at radius 2 is 1.90 bits per heavy atom. The lowest BCUT2D eigenvalue weighted by Crippen LogP contribution is -2.31. The minimum absolute atomic E-state index is 0.0259. The van der Waals surface area contributed by atoms with E-state index in [4.69, 9.17) is 9.47 Å². The number of fused-ring (bicyclic) bond motifs is 2. The summed E-state index contributed by atoms with van der Waals surface area (Å²) in [6, 6.07) is 7.86. The van der Waals surface area contributed by atoms with Gasteiger partial charge in [0.05, 0.1) is 19.3 Å². The van der Waals surface area contributed by atoms with E-state index in [9.17, 15) is 4.79 Å². The van der Waals surface area contributed by atoms with Crippen molar-refractivity contribution >= 4 is 11.7 Å². The highest BCUT2D eigenvalue weighted by atomic mass is 16.5. The summed E-state index contributed by atoms with van der Waals surface area (Å²) in [6.07, 6.45) is 2.70. The van der Waals surface area contributed by atoms with Crippen LogP contribution in [-0.2, 0) is 0 Å². The highest BCUT2D eigenvalue weighted by Crippen LogP contribution is 2.38. The van der Waals surface area contributed by atoms with Crippen LogP contribution in [0.5, 0.6) is 11.5 Å². The molecule has 8 nitrogen and oxygen atoms in total. The number of carbonyl (C=O) groups is 1. The summed E-state index contributed by atoms with van der Waals surface area (Å²) in [5.74, 6) is 1.99. The Morgan fingerprint density at radius 3 is 2.76 bits per heavy atom. The fraction of sp³-hybridized carbons (Fsp3) is 0.429. The van der Waals surface area contributed by atoms with Gasteiger partial charge in [0.2, 0.25) is 5.82 Å². The van der Waals surface area contributed by atoms with Crippen molar-refractivity contribution in [2.45, 2.75) is 39.2 Å². The molecule has 0 radical (unpaired) electrons. The van der Waals surface area contributed by atoms with E-state index in [-0.39, 0.29) is 17.8 Å². The molecular formula is C21H23N5O3. The molecule has 0 N–H and O–H groups in total. The van der Waals surface area contributed by atoms with Crippen LogP contribution < -0.4 is 9.47 Å². The van der Waals surface area contributed by atoms with Gasteiger partial charge in [0.25, 0.3) is 11.7 Å². The molecule has 1 aromatic carbocycles. The van der Waals surface area contributed by atoms with Gasteiger partial charge in [-0.15, -0.1) is 5.10 Å². The number of ether oxygens (including phenoxy) is 2. The molecule has 1 amide bonds. The van der Waals surface area contributed by atoms with Crippen LogP contribution in [-0.4, -0.2) is 50.1 Å². The molecule has 3 aromatic rings. The van der Waals surface area contributed by atoms with Gasteiger partial charge in [0.15, 0.2) is 11.5 Å². The SMILES string of the molecule is Cc1cc(C)n2nc(C(=O)N3CCC[C@H]3c3ccc4c(c3)OCCCO4)nc2n1. The maximum absolute atomic E-state index is 13.2. The quantitative estimate of drug-likeness (QED) is 0.666. The maximum Gasteiger partial charge on any atom is 0.294 e. The number of rotatable bonds is 2. The van der Waals surface area contributed by atoms with Gasteiger partial charge in [-0.2, -0.15) is 4.98 Å². The van der Waals surface area contributed by atoms with Gasteiger partial charge in [-0.25, -0.2) is 9.50 Å². The van der Waals surface area contributed by atoms with Crippen LogP contribution in [0.2, 0.25) is 0 Å². The first-order valence-corrected chi connectivity index (χ1v) is 10.0. The van der Waals surface area contributed by atoms with Gasteiger partial charge in [0.1, 0.15) is 0 Å². The van der Waals surface area contributed by atoms with Crippen LogP contribution >= 0.6 is 0 Å². The minimum Gasteiger partial charge on any atom is -0.490 e. The van der Waals surface area contributed by atoms with E-state index in [0.29, 0.717) is 25.5 Å². The van der Waals surface area contributed by atoms with Crippen LogP contribution in [0.15, 0.2) is 24.3 Å². The Bertz CT molecular complexity index is 1090. The van der Waals surface area contributed by atoms with Crippen molar-refractivity contribution in [1.82, 2.24) is 24.5 Å². The summed E-state index contributed by atoms with van der Waals surface area (Å²) in [4.78, 5) is 23.9. The van der Waals surface area contributed by atoms with E-state index in [0.717, 1.165) is 47.7 Å². The first kappa shape index (κ1) is 17.9. The normalized spacial score (nSPS) is 18.8. The van der Waals surface area contributed by atoms with Crippen molar-refractivity contribution in [3.05, 3.63) is 47.0 Å². The highest BCUT2D eigenvalue weighted by molar-refractivity contribution is 5.91. The van der Waals surface area contributed by atoms with Crippen molar-refractivity contribution in [3.8, 4) is 11.5 Å². The van der Waals surface area contributed by atoms with E-state index in [1.165, 1.54) is 0 Å². The van der Waals surface area contributed by atoms with E-state index in [1.54, 1.807) is 4.52 Å². The second-order valence-electron chi connectivity index (χ2n) is 7.60. The predicted molar refractivity (Wildman–Crippen MR) is 105 cm³/mol. The lowest BCUT2D eigenvalue weighted by Gasteiger charge is -2.24. The second-order valence-corrected chi connectivity index (χ2v) is 7.60. The lowest BCUT2D eigenvalue weighted by molar-refractivity contribution is 0.0723. The van der Waals surface area contributed by atoms with Gasteiger partial charge in [-0.3, -0.25) is 4.79 Å². The molecule has 5 rings (SSSR count). The first-order chi connectivity index (χ1) is 14.1. The van der Waals surface area contributed by atoms with Crippen molar-refractivity contribution in [1.29, 1.82) is 0 Å². The molecule has 1 atom stereocenters. The number of amides is 1. The molecule has 4 heterocycles. The zero-order valence-electron chi connectivity index (χ0n) is 16.6. The molecule has 0 bridgehead atoms. The second kappa shape index (κ2) is 7.02. The van der Waals surface area contributed by atoms with Crippen LogP contribution in [0, 0.1) is 13.8 Å². The first-order valence-electron chi connectivity index (χ1n) is 10.0. The van der Waals surface area contributed by atoms with E-state index < -0.39 is 0 Å². The molecule has 8 heteroatoms. The molecule has 150 valence electrons. The monoisotopic (exact) mass is 393 g/mol. The summed E-state index contributed by atoms with van der Waals surface area (Å²) in [5, 5.41) is 4.42. The molecule has 2 aliphatic rings. The molecule has 2 aromatic heterocycles. The molecule has 29 heavy (non-hydrogen) atoms. The van der Waals surface area contributed by atoms with Crippen LogP contribution in [0.1, 0.15) is 52.9 Å². The van der Waals surface area contributed by atoms with Gasteiger partial charge in [0, 0.05) is 24.4 Å². The summed E-state index contributed by atoms with van der Waals surface area (Å²) >= 11 is 0. The zero-order valence-corrected chi connectivity index (χ0v) is 16.6. The third-order valence-corrected chi connectivity index (χ3v) is 5.48. The topological polar surface area (TPSA) is 81.9 Å². The molecule has 1 fully saturated rings. The summed E-state index contributed by atoms with van der Waals surface area (Å²) < 4.78 is 13.2. The minimum atomic E-state index is -0.165. The van der Waals surface area contributed by atoms with E-state index in [2.05, 4.69) is 15.1 Å². The number of hydrogen-bond acceptors (Lipinski definition) is 6. The van der Waals surface area contributed by atoms with Gasteiger partial charge >= 0.3 is 0 Å². The van der Waals surface area contributed by atoms with Gasteiger partial charge in [-0.05, 0) is 50.5 Å². The number of benzene rings is 1. The van der Waals surface area contributed by atoms with E-state index >= 15 is 0 Å². The van der Waals surface area contributed by atoms with Crippen molar-refractivity contribution in [3.63, 3.8) is 0 Å². The molecule has 0 aliphatic carbocycles. The number of nitrogens with zero attached hydrogens (tertiary/aromatic N) is 5. The van der Waals surface area contributed by atoms with Crippen LogP contribution in [0.4, 0.5) is 0 Å². The number of likely N-dealkylation sites (tertiary alicyclic amines) is 1. The Kier molecular flexibility index (Phi) is 4.34. The number of aryl methyl sites for hydroxylation is 2. The molecular weight excluding hydrogens is 370 g/mol.